The lowest BCUT2D eigenvalue weighted by molar-refractivity contribution is -0.104. The first-order valence-corrected chi connectivity index (χ1v) is 11.0. The number of pyridine rings is 1. The lowest BCUT2D eigenvalue weighted by Gasteiger charge is -2.22. The number of nitrogens with zero attached hydrogens (tertiary/aromatic N) is 3. The highest BCUT2D eigenvalue weighted by Crippen LogP contribution is 2.40. The largest absolute Gasteiger partial charge is 0.384 e. The van der Waals surface area contributed by atoms with Crippen molar-refractivity contribution >= 4 is 40.9 Å². The Labute approximate surface area is 196 Å². The van der Waals surface area contributed by atoms with Gasteiger partial charge >= 0.3 is 0 Å². The van der Waals surface area contributed by atoms with Crippen LogP contribution in [0.5, 0.6) is 0 Å². The molecule has 0 aliphatic carbocycles. The molecule has 0 saturated carbocycles. The molecule has 3 N–H and O–H groups in total. The average Bonchev–Trinajstić information content (AvgIpc) is 3.30. The minimum atomic E-state index is 0.0360. The van der Waals surface area contributed by atoms with Gasteiger partial charge in [0, 0.05) is 23.3 Å². The van der Waals surface area contributed by atoms with Crippen LogP contribution in [0, 0.1) is 6.92 Å². The first-order valence-electron chi connectivity index (χ1n) is 10.2. The van der Waals surface area contributed by atoms with Crippen LogP contribution in [-0.2, 0) is 4.79 Å². The molecule has 1 fully saturated rings. The molecular weight excluding hydrogens is 445 g/mol. The van der Waals surface area contributed by atoms with Crippen LogP contribution in [-0.4, -0.2) is 33.2 Å². The number of nitrogen functional groups attached to an aromatic ring is 1. The third-order valence-corrected chi connectivity index (χ3v) is 6.23. The van der Waals surface area contributed by atoms with Gasteiger partial charge in [0.1, 0.15) is 17.9 Å². The zero-order valence-electron chi connectivity index (χ0n) is 17.8. The molecule has 1 saturated heterocycles. The van der Waals surface area contributed by atoms with Crippen molar-refractivity contribution in [3.05, 3.63) is 81.4 Å². The number of anilines is 1. The fraction of sp³-hybridized carbons (Fsp3) is 0.208. The number of aldehydes is 1. The number of aromatic amines is 1. The number of nitrogens with two attached hydrogens (primary N) is 1. The maximum Gasteiger partial charge on any atom is 0.152 e. The van der Waals surface area contributed by atoms with Gasteiger partial charge in [0.25, 0.3) is 0 Å². The van der Waals surface area contributed by atoms with E-state index in [1.807, 2.05) is 50.4 Å². The second-order valence-corrected chi connectivity index (χ2v) is 8.52. The van der Waals surface area contributed by atoms with Crippen LogP contribution in [0.3, 0.4) is 0 Å². The number of rotatable bonds is 5. The Morgan fingerprint density at radius 1 is 1.25 bits per heavy atom. The Balaban J connectivity index is 1.63. The fourth-order valence-corrected chi connectivity index (χ4v) is 4.51. The van der Waals surface area contributed by atoms with Gasteiger partial charge in [-0.3, -0.25) is 4.79 Å². The highest BCUT2D eigenvalue weighted by atomic mass is 35.5. The Kier molecular flexibility index (Phi) is 6.35. The van der Waals surface area contributed by atoms with Gasteiger partial charge in [0.2, 0.25) is 0 Å². The number of aromatic nitrogens is 3. The highest BCUT2D eigenvalue weighted by molar-refractivity contribution is 6.31. The van der Waals surface area contributed by atoms with E-state index in [0.29, 0.717) is 21.8 Å². The number of H-pyrrole nitrogens is 1. The van der Waals surface area contributed by atoms with Crippen LogP contribution in [0.4, 0.5) is 5.82 Å². The number of carbonyl (C=O) groups is 1. The van der Waals surface area contributed by atoms with Crippen molar-refractivity contribution in [2.24, 2.45) is 0 Å². The van der Waals surface area contributed by atoms with E-state index in [4.69, 9.17) is 28.9 Å². The summed E-state index contributed by atoms with van der Waals surface area (Å²) in [5.41, 5.74) is 11.1. The minimum Gasteiger partial charge on any atom is -0.384 e. The van der Waals surface area contributed by atoms with Crippen molar-refractivity contribution in [1.29, 1.82) is 0 Å². The Bertz CT molecular complexity index is 1230. The molecule has 8 heteroatoms. The number of likely N-dealkylation sites (tertiary alicyclic amines) is 1. The SMILES string of the molecule is Cc1nc(N)ccc1-c1nc(Cl)c(C2CC/C(=C/C(=C\C=O)c3cccc(Cl)c3)N2C)[nH]1. The lowest BCUT2D eigenvalue weighted by atomic mass is 10.0. The lowest BCUT2D eigenvalue weighted by Crippen LogP contribution is -2.17. The number of halogens is 2. The van der Waals surface area contributed by atoms with Crippen molar-refractivity contribution in [3.63, 3.8) is 0 Å². The Morgan fingerprint density at radius 2 is 2.06 bits per heavy atom. The molecule has 0 bridgehead atoms. The van der Waals surface area contributed by atoms with Gasteiger partial charge in [0.05, 0.1) is 17.4 Å². The van der Waals surface area contributed by atoms with Crippen LogP contribution < -0.4 is 5.73 Å². The zero-order valence-corrected chi connectivity index (χ0v) is 19.3. The van der Waals surface area contributed by atoms with E-state index in [-0.39, 0.29) is 6.04 Å². The van der Waals surface area contributed by atoms with Crippen molar-refractivity contribution in [3.8, 4) is 11.4 Å². The van der Waals surface area contributed by atoms with Gasteiger partial charge in [-0.2, -0.15) is 0 Å². The molecule has 4 rings (SSSR count). The van der Waals surface area contributed by atoms with E-state index < -0.39 is 0 Å². The molecule has 3 aromatic rings. The predicted octanol–water partition coefficient (Wildman–Crippen LogP) is 5.60. The summed E-state index contributed by atoms with van der Waals surface area (Å²) in [7, 11) is 2.02. The summed E-state index contributed by atoms with van der Waals surface area (Å²) in [4.78, 5) is 25.6. The highest BCUT2D eigenvalue weighted by Gasteiger charge is 2.30. The summed E-state index contributed by atoms with van der Waals surface area (Å²) in [5.74, 6) is 1.13. The van der Waals surface area contributed by atoms with E-state index in [0.717, 1.165) is 52.9 Å². The van der Waals surface area contributed by atoms with Crippen LogP contribution in [0.15, 0.2) is 54.2 Å². The zero-order chi connectivity index (χ0) is 22.8. The molecule has 32 heavy (non-hydrogen) atoms. The average molecular weight is 468 g/mol. The molecule has 0 spiro atoms. The first kappa shape index (κ1) is 22.1. The number of aryl methyl sites for hydroxylation is 1. The van der Waals surface area contributed by atoms with Crippen molar-refractivity contribution in [2.75, 3.05) is 12.8 Å². The van der Waals surface area contributed by atoms with E-state index in [1.165, 1.54) is 0 Å². The van der Waals surface area contributed by atoms with Crippen LogP contribution >= 0.6 is 23.2 Å². The van der Waals surface area contributed by atoms with E-state index in [2.05, 4.69) is 19.9 Å². The summed E-state index contributed by atoms with van der Waals surface area (Å²) < 4.78 is 0. The molecule has 164 valence electrons. The number of carbonyl (C=O) groups excluding carboxylic acids is 1. The van der Waals surface area contributed by atoms with Gasteiger partial charge in [0.15, 0.2) is 5.15 Å². The number of nitrogens with one attached hydrogen (secondary N) is 1. The molecule has 1 atom stereocenters. The number of benzene rings is 1. The fourth-order valence-electron chi connectivity index (χ4n) is 4.06. The molecule has 6 nitrogen and oxygen atoms in total. The smallest absolute Gasteiger partial charge is 0.152 e. The molecule has 1 aromatic carbocycles. The van der Waals surface area contributed by atoms with E-state index >= 15 is 0 Å². The standard InChI is InChI=1S/C24H23Cl2N5O/c1-14-19(7-9-21(27)28-14)24-29-22(23(26)30-24)20-8-6-18(31(20)2)13-16(10-11-32)15-4-3-5-17(25)12-15/h3-5,7,9-13,20H,6,8H2,1-2H3,(H2,27,28)(H,29,30)/b16-10+,18-13-. The third-order valence-electron chi connectivity index (χ3n) is 5.70. The van der Waals surface area contributed by atoms with Crippen LogP contribution in [0.2, 0.25) is 10.2 Å². The molecule has 1 aliphatic rings. The van der Waals surface area contributed by atoms with Gasteiger partial charge in [-0.15, -0.1) is 0 Å². The predicted molar refractivity (Wildman–Crippen MR) is 129 cm³/mol. The number of imidazole rings is 1. The van der Waals surface area contributed by atoms with Gasteiger partial charge in [-0.05, 0) is 67.3 Å². The van der Waals surface area contributed by atoms with Gasteiger partial charge in [-0.1, -0.05) is 35.3 Å². The van der Waals surface area contributed by atoms with Gasteiger partial charge in [-0.25, -0.2) is 9.97 Å². The normalized spacial score (nSPS) is 17.9. The maximum atomic E-state index is 11.2. The quantitative estimate of drug-likeness (QED) is 0.376. The molecule has 0 amide bonds. The molecule has 3 heterocycles. The third kappa shape index (κ3) is 4.42. The van der Waals surface area contributed by atoms with Crippen molar-refractivity contribution in [2.45, 2.75) is 25.8 Å². The van der Waals surface area contributed by atoms with Crippen LogP contribution in [0.1, 0.15) is 35.8 Å². The molecule has 1 aliphatic heterocycles. The Hall–Kier alpha value is -3.09. The minimum absolute atomic E-state index is 0.0360. The summed E-state index contributed by atoms with van der Waals surface area (Å²) in [6, 6.07) is 11.1. The summed E-state index contributed by atoms with van der Waals surface area (Å²) in [6.07, 6.45) is 6.08. The van der Waals surface area contributed by atoms with Gasteiger partial charge < -0.3 is 15.6 Å². The molecule has 2 aromatic heterocycles. The molecule has 1 unspecified atom stereocenters. The van der Waals surface area contributed by atoms with Crippen molar-refractivity contribution < 1.29 is 4.79 Å². The van der Waals surface area contributed by atoms with Crippen molar-refractivity contribution in [1.82, 2.24) is 19.9 Å². The number of allylic oxidation sites excluding steroid dienone is 4. The van der Waals surface area contributed by atoms with Crippen LogP contribution in [0.25, 0.3) is 17.0 Å². The summed E-state index contributed by atoms with van der Waals surface area (Å²) in [5, 5.41) is 1.06. The van der Waals surface area contributed by atoms with E-state index in [1.54, 1.807) is 12.1 Å². The topological polar surface area (TPSA) is 87.9 Å². The maximum absolute atomic E-state index is 11.2. The molecule has 0 radical (unpaired) electrons. The summed E-state index contributed by atoms with van der Waals surface area (Å²) >= 11 is 12.7. The monoisotopic (exact) mass is 467 g/mol. The number of hydrogen-bond donors (Lipinski definition) is 2. The Morgan fingerprint density at radius 3 is 2.78 bits per heavy atom. The molecular formula is C24H23Cl2N5O. The first-order chi connectivity index (χ1) is 15.4. The second kappa shape index (κ2) is 9.18. The van der Waals surface area contributed by atoms with E-state index in [9.17, 15) is 4.79 Å². The summed E-state index contributed by atoms with van der Waals surface area (Å²) in [6.45, 7) is 1.89. The number of hydrogen-bond acceptors (Lipinski definition) is 5. The second-order valence-electron chi connectivity index (χ2n) is 7.73.